The SMILES string of the molecule is C=CC(CCCC(=O)O)OC(=O)[C@H]1C(=O)C[C@@H](O)[C@@H]1/C=C/[C@@H](O)CCC1CCCC1. The lowest BCUT2D eigenvalue weighted by atomic mass is 9.92. The quantitative estimate of drug-likeness (QED) is 0.251. The molecule has 1 unspecified atom stereocenters. The number of hydrogen-bond acceptors (Lipinski definition) is 6. The molecule has 2 saturated carbocycles. The van der Waals surface area contributed by atoms with Gasteiger partial charge < -0.3 is 20.1 Å². The summed E-state index contributed by atoms with van der Waals surface area (Å²) in [7, 11) is 0. The van der Waals surface area contributed by atoms with Crippen LogP contribution in [0.1, 0.15) is 64.2 Å². The number of esters is 1. The van der Waals surface area contributed by atoms with Crippen LogP contribution in [0.3, 0.4) is 0 Å². The van der Waals surface area contributed by atoms with Crippen molar-refractivity contribution in [1.82, 2.24) is 0 Å². The van der Waals surface area contributed by atoms with E-state index in [1.165, 1.54) is 31.8 Å². The lowest BCUT2D eigenvalue weighted by Crippen LogP contribution is -2.31. The monoisotopic (exact) mass is 422 g/mol. The molecule has 5 atom stereocenters. The summed E-state index contributed by atoms with van der Waals surface area (Å²) in [5.41, 5.74) is 0. The molecule has 30 heavy (non-hydrogen) atoms. The molecule has 2 aliphatic rings. The molecule has 0 aromatic rings. The Balaban J connectivity index is 1.91. The van der Waals surface area contributed by atoms with E-state index in [-0.39, 0.29) is 12.8 Å². The molecule has 0 aromatic heterocycles. The van der Waals surface area contributed by atoms with Gasteiger partial charge in [0.05, 0.1) is 12.2 Å². The molecule has 7 nitrogen and oxygen atoms in total. The number of aliphatic hydroxyl groups is 2. The second-order valence-electron chi connectivity index (χ2n) is 8.47. The van der Waals surface area contributed by atoms with Crippen molar-refractivity contribution in [2.45, 2.75) is 82.5 Å². The average Bonchev–Trinajstić information content (AvgIpc) is 3.30. The summed E-state index contributed by atoms with van der Waals surface area (Å²) in [5, 5.41) is 29.2. The van der Waals surface area contributed by atoms with Gasteiger partial charge in [0.25, 0.3) is 0 Å². The van der Waals surface area contributed by atoms with E-state index in [2.05, 4.69) is 6.58 Å². The van der Waals surface area contributed by atoms with Crippen LogP contribution < -0.4 is 0 Å². The van der Waals surface area contributed by atoms with E-state index >= 15 is 0 Å². The minimum absolute atomic E-state index is 0.0485. The fourth-order valence-electron chi connectivity index (χ4n) is 4.39. The summed E-state index contributed by atoms with van der Waals surface area (Å²) in [6.07, 6.45) is 9.08. The van der Waals surface area contributed by atoms with E-state index in [0.29, 0.717) is 25.2 Å². The van der Waals surface area contributed by atoms with Gasteiger partial charge in [-0.1, -0.05) is 50.5 Å². The number of Topliss-reactive ketones (excluding diaryl/α,β-unsaturated/α-hetero) is 1. The largest absolute Gasteiger partial charge is 0.481 e. The molecule has 0 aliphatic heterocycles. The lowest BCUT2D eigenvalue weighted by Gasteiger charge is -2.20. The number of aliphatic carboxylic acids is 1. The predicted molar refractivity (Wildman–Crippen MR) is 111 cm³/mol. The molecule has 0 spiro atoms. The Hall–Kier alpha value is -1.99. The Kier molecular flexibility index (Phi) is 9.72. The highest BCUT2D eigenvalue weighted by Crippen LogP contribution is 2.33. The number of rotatable bonds is 12. The summed E-state index contributed by atoms with van der Waals surface area (Å²) in [6.45, 7) is 3.60. The second-order valence-corrected chi connectivity index (χ2v) is 8.47. The van der Waals surface area contributed by atoms with Crippen molar-refractivity contribution >= 4 is 17.7 Å². The minimum atomic E-state index is -1.12. The molecule has 3 N–H and O–H groups in total. The molecule has 7 heteroatoms. The van der Waals surface area contributed by atoms with Gasteiger partial charge in [-0.05, 0) is 31.6 Å². The average molecular weight is 423 g/mol. The highest BCUT2D eigenvalue weighted by molar-refractivity contribution is 6.01. The van der Waals surface area contributed by atoms with Gasteiger partial charge in [-0.15, -0.1) is 0 Å². The fourth-order valence-corrected chi connectivity index (χ4v) is 4.39. The van der Waals surface area contributed by atoms with Gasteiger partial charge in [0.2, 0.25) is 0 Å². The first-order valence-corrected chi connectivity index (χ1v) is 10.9. The molecule has 0 radical (unpaired) electrons. The van der Waals surface area contributed by atoms with Crippen LogP contribution in [0.4, 0.5) is 0 Å². The van der Waals surface area contributed by atoms with Crippen molar-refractivity contribution in [3.8, 4) is 0 Å². The third-order valence-corrected chi connectivity index (χ3v) is 6.15. The summed E-state index contributed by atoms with van der Waals surface area (Å²) in [5.74, 6) is -3.28. The molecule has 0 bridgehead atoms. The van der Waals surface area contributed by atoms with Gasteiger partial charge in [0.15, 0.2) is 0 Å². The minimum Gasteiger partial charge on any atom is -0.481 e. The van der Waals surface area contributed by atoms with E-state index in [1.807, 2.05) is 0 Å². The van der Waals surface area contributed by atoms with Gasteiger partial charge in [0.1, 0.15) is 17.8 Å². The van der Waals surface area contributed by atoms with Crippen molar-refractivity contribution in [2.75, 3.05) is 0 Å². The molecular formula is C23H34O7. The molecule has 2 aliphatic carbocycles. The van der Waals surface area contributed by atoms with E-state index in [9.17, 15) is 24.6 Å². The normalized spacial score (nSPS) is 26.7. The van der Waals surface area contributed by atoms with Crippen LogP contribution in [0, 0.1) is 17.8 Å². The molecule has 0 amide bonds. The zero-order valence-corrected chi connectivity index (χ0v) is 17.4. The van der Waals surface area contributed by atoms with E-state index < -0.39 is 47.9 Å². The summed E-state index contributed by atoms with van der Waals surface area (Å²) >= 11 is 0. The van der Waals surface area contributed by atoms with Gasteiger partial charge in [0, 0.05) is 18.8 Å². The third kappa shape index (κ3) is 7.36. The number of ketones is 1. The van der Waals surface area contributed by atoms with Crippen LogP contribution >= 0.6 is 0 Å². The Bertz CT molecular complexity index is 635. The number of carboxylic acids is 1. The van der Waals surface area contributed by atoms with Crippen LogP contribution in [0.15, 0.2) is 24.8 Å². The van der Waals surface area contributed by atoms with Gasteiger partial charge in [-0.2, -0.15) is 0 Å². The number of carbonyl (C=O) groups excluding carboxylic acids is 2. The van der Waals surface area contributed by atoms with E-state index in [0.717, 1.165) is 6.42 Å². The molecule has 0 saturated heterocycles. The summed E-state index contributed by atoms with van der Waals surface area (Å²) in [6, 6.07) is 0. The zero-order valence-electron chi connectivity index (χ0n) is 17.4. The maximum absolute atomic E-state index is 12.6. The Morgan fingerprint density at radius 3 is 2.57 bits per heavy atom. The highest BCUT2D eigenvalue weighted by Gasteiger charge is 2.46. The second kappa shape index (κ2) is 12.0. The Labute approximate surface area is 177 Å². The number of aliphatic hydroxyl groups excluding tert-OH is 2. The molecule has 2 fully saturated rings. The molecule has 0 aromatic carbocycles. The van der Waals surface area contributed by atoms with E-state index in [1.54, 1.807) is 12.2 Å². The number of hydrogen-bond donors (Lipinski definition) is 3. The Morgan fingerprint density at radius 1 is 1.23 bits per heavy atom. The molecule has 0 heterocycles. The zero-order chi connectivity index (χ0) is 22.1. The first kappa shape index (κ1) is 24.3. The maximum Gasteiger partial charge on any atom is 0.317 e. The molecule has 168 valence electrons. The van der Waals surface area contributed by atoms with Gasteiger partial charge in [-0.25, -0.2) is 0 Å². The fraction of sp³-hybridized carbons (Fsp3) is 0.696. The van der Waals surface area contributed by atoms with Crippen molar-refractivity contribution in [3.63, 3.8) is 0 Å². The van der Waals surface area contributed by atoms with Crippen LogP contribution in [-0.2, 0) is 19.1 Å². The van der Waals surface area contributed by atoms with E-state index in [4.69, 9.17) is 9.84 Å². The maximum atomic E-state index is 12.6. The van der Waals surface area contributed by atoms with Crippen LogP contribution in [-0.4, -0.2) is 51.4 Å². The van der Waals surface area contributed by atoms with Gasteiger partial charge >= 0.3 is 11.9 Å². The third-order valence-electron chi connectivity index (χ3n) is 6.15. The van der Waals surface area contributed by atoms with Crippen LogP contribution in [0.25, 0.3) is 0 Å². The van der Waals surface area contributed by atoms with Crippen molar-refractivity contribution in [3.05, 3.63) is 24.8 Å². The number of carboxylic acid groups (broad SMARTS) is 1. The topological polar surface area (TPSA) is 121 Å². The number of carbonyl (C=O) groups is 3. The van der Waals surface area contributed by atoms with Crippen LogP contribution in [0.5, 0.6) is 0 Å². The summed E-state index contributed by atoms with van der Waals surface area (Å²) in [4.78, 5) is 35.5. The first-order valence-electron chi connectivity index (χ1n) is 10.9. The smallest absolute Gasteiger partial charge is 0.317 e. The number of ether oxygens (including phenoxy) is 1. The molecule has 2 rings (SSSR count). The van der Waals surface area contributed by atoms with Crippen molar-refractivity contribution in [2.24, 2.45) is 17.8 Å². The summed E-state index contributed by atoms with van der Waals surface area (Å²) < 4.78 is 5.36. The van der Waals surface area contributed by atoms with Crippen LogP contribution in [0.2, 0.25) is 0 Å². The highest BCUT2D eigenvalue weighted by atomic mass is 16.5. The Morgan fingerprint density at radius 2 is 1.93 bits per heavy atom. The predicted octanol–water partition coefficient (Wildman–Crippen LogP) is 2.79. The standard InChI is InChI=1S/C23H34O7/c1-2-17(8-5-9-21(27)28)30-23(29)22-18(19(25)14-20(22)26)13-12-16(24)11-10-15-6-3-4-7-15/h2,12-13,15-19,22,24-25H,1,3-11,14H2,(H,27,28)/b13-12+/t16-,17?,18-,19+,22+/m0/s1. The lowest BCUT2D eigenvalue weighted by molar-refractivity contribution is -0.155. The van der Waals surface area contributed by atoms with Crippen molar-refractivity contribution < 1.29 is 34.4 Å². The molecular weight excluding hydrogens is 388 g/mol. The first-order chi connectivity index (χ1) is 14.3. The van der Waals surface area contributed by atoms with Crippen molar-refractivity contribution in [1.29, 1.82) is 0 Å². The van der Waals surface area contributed by atoms with Gasteiger partial charge in [-0.3, -0.25) is 14.4 Å².